The number of amides is 1. The second kappa shape index (κ2) is 12.1. The Morgan fingerprint density at radius 1 is 1.15 bits per heavy atom. The van der Waals surface area contributed by atoms with Gasteiger partial charge in [0.15, 0.2) is 0 Å². The third kappa shape index (κ3) is 7.92. The fourth-order valence-corrected chi connectivity index (χ4v) is 3.02. The van der Waals surface area contributed by atoms with Gasteiger partial charge in [-0.2, -0.15) is 0 Å². The Hall–Kier alpha value is -1.32. The van der Waals surface area contributed by atoms with Crippen molar-refractivity contribution in [3.8, 4) is 0 Å². The summed E-state index contributed by atoms with van der Waals surface area (Å²) in [5.74, 6) is -1.45. The Bertz CT molecular complexity index is 546. The van der Waals surface area contributed by atoms with Gasteiger partial charge in [-0.3, -0.25) is 14.2 Å². The van der Waals surface area contributed by atoms with Crippen molar-refractivity contribution in [2.24, 2.45) is 0 Å². The van der Waals surface area contributed by atoms with Crippen molar-refractivity contribution in [3.05, 3.63) is 35.9 Å². The maximum absolute atomic E-state index is 11.5. The van der Waals surface area contributed by atoms with Gasteiger partial charge in [0.1, 0.15) is 24.7 Å². The molecule has 2 unspecified atom stereocenters. The maximum atomic E-state index is 11.5. The average Bonchev–Trinajstić information content (AvgIpc) is 2.65. The molecule has 1 rings (SSSR count). The molecule has 0 saturated heterocycles. The van der Waals surface area contributed by atoms with Gasteiger partial charge in [-0.1, -0.05) is 30.3 Å². The summed E-state index contributed by atoms with van der Waals surface area (Å²) in [5.41, 5.74) is 0.804. The normalized spacial score (nSPS) is 17.1. The Morgan fingerprint density at radius 3 is 2.38 bits per heavy atom. The quantitative estimate of drug-likeness (QED) is 0.208. The van der Waals surface area contributed by atoms with Gasteiger partial charge < -0.3 is 24.9 Å². The molecule has 0 aliphatic rings. The topological polar surface area (TPSA) is 137 Å². The van der Waals surface area contributed by atoms with E-state index in [-0.39, 0.29) is 13.2 Å². The summed E-state index contributed by atoms with van der Waals surface area (Å²) in [7, 11) is -2.78. The minimum atomic E-state index is -2.78. The highest BCUT2D eigenvalue weighted by Gasteiger charge is 2.30. The lowest BCUT2D eigenvalue weighted by Crippen LogP contribution is -2.45. The van der Waals surface area contributed by atoms with E-state index in [2.05, 4.69) is 0 Å². The van der Waals surface area contributed by atoms with Crippen LogP contribution in [0.3, 0.4) is 0 Å². The largest absolute Gasteiger partial charge is 0.390 e. The molecular weight excluding hydrogens is 365 g/mol. The zero-order chi connectivity index (χ0) is 19.5. The van der Waals surface area contributed by atoms with Gasteiger partial charge in [-0.05, 0) is 12.5 Å². The van der Waals surface area contributed by atoms with Crippen LogP contribution in [0.1, 0.15) is 18.9 Å². The standard InChI is InChI=1S/C16H26NO8P/c1-2-25-26(23)15(21)8-13(19)16(22)14(20)9-17(11-18)24-10-12-6-4-3-5-7-12/h3-7,11,13-16,19-22,26H,2,8-10H2,1H3/t13-,14+,15?,16-/m1/s1. The SMILES string of the molecule is CCO[PH](=O)C(O)C[C@@H](O)[C@@H](O)[C@@H](O)CN(C=O)OCc1ccccc1. The molecule has 10 heteroatoms. The Labute approximate surface area is 152 Å². The van der Waals surface area contributed by atoms with Crippen LogP contribution in [-0.4, -0.2) is 69.2 Å². The number of hydroxylamine groups is 2. The second-order valence-corrected chi connectivity index (χ2v) is 7.19. The maximum Gasteiger partial charge on any atom is 0.233 e. The number of hydrogen-bond acceptors (Lipinski definition) is 8. The summed E-state index contributed by atoms with van der Waals surface area (Å²) in [5, 5.41) is 40.2. The molecule has 1 aromatic carbocycles. The third-order valence-electron chi connectivity index (χ3n) is 3.54. The van der Waals surface area contributed by atoms with E-state index >= 15 is 0 Å². The Balaban J connectivity index is 2.48. The van der Waals surface area contributed by atoms with E-state index in [1.54, 1.807) is 31.2 Å². The molecule has 4 N–H and O–H groups in total. The van der Waals surface area contributed by atoms with Crippen LogP contribution in [0.2, 0.25) is 0 Å². The molecule has 0 heterocycles. The monoisotopic (exact) mass is 391 g/mol. The van der Waals surface area contributed by atoms with Crippen LogP contribution >= 0.6 is 8.03 Å². The summed E-state index contributed by atoms with van der Waals surface area (Å²) >= 11 is 0. The van der Waals surface area contributed by atoms with Crippen molar-refractivity contribution in [3.63, 3.8) is 0 Å². The number of carbonyl (C=O) groups excluding carboxylic acids is 1. The van der Waals surface area contributed by atoms with Crippen LogP contribution in [0, 0.1) is 0 Å². The van der Waals surface area contributed by atoms with Crippen LogP contribution in [0.15, 0.2) is 30.3 Å². The van der Waals surface area contributed by atoms with E-state index in [1.165, 1.54) is 0 Å². The molecule has 0 fully saturated rings. The minimum absolute atomic E-state index is 0.0833. The number of rotatable bonds is 13. The molecule has 1 aromatic rings. The highest BCUT2D eigenvalue weighted by Crippen LogP contribution is 2.31. The molecule has 0 radical (unpaired) electrons. The van der Waals surface area contributed by atoms with Gasteiger partial charge in [0, 0.05) is 6.42 Å². The molecule has 148 valence electrons. The number of aliphatic hydroxyl groups is 4. The van der Waals surface area contributed by atoms with Crippen molar-refractivity contribution in [2.45, 2.75) is 44.1 Å². The Kier molecular flexibility index (Phi) is 10.6. The lowest BCUT2D eigenvalue weighted by atomic mass is 10.1. The van der Waals surface area contributed by atoms with Crippen molar-refractivity contribution in [1.29, 1.82) is 0 Å². The zero-order valence-corrected chi connectivity index (χ0v) is 15.5. The summed E-state index contributed by atoms with van der Waals surface area (Å²) in [4.78, 5) is 16.3. The molecule has 0 saturated carbocycles. The molecule has 26 heavy (non-hydrogen) atoms. The fourth-order valence-electron chi connectivity index (χ4n) is 2.11. The second-order valence-electron chi connectivity index (χ2n) is 5.59. The van der Waals surface area contributed by atoms with E-state index in [0.717, 1.165) is 10.6 Å². The van der Waals surface area contributed by atoms with Crippen LogP contribution in [0.25, 0.3) is 0 Å². The van der Waals surface area contributed by atoms with Gasteiger partial charge in [0.25, 0.3) is 0 Å². The van der Waals surface area contributed by atoms with Crippen molar-refractivity contribution >= 4 is 14.4 Å². The first-order valence-electron chi connectivity index (χ1n) is 8.16. The van der Waals surface area contributed by atoms with Gasteiger partial charge in [0.05, 0.1) is 19.3 Å². The third-order valence-corrected chi connectivity index (χ3v) is 4.89. The molecule has 1 amide bonds. The predicted octanol–water partition coefficient (Wildman–Crippen LogP) is -0.121. The number of nitrogens with zero attached hydrogens (tertiary/aromatic N) is 1. The number of aliphatic hydroxyl groups excluding tert-OH is 4. The number of carbonyl (C=O) groups is 1. The first-order chi connectivity index (χ1) is 12.4. The van der Waals surface area contributed by atoms with E-state index in [9.17, 15) is 29.8 Å². The predicted molar refractivity (Wildman–Crippen MR) is 93.3 cm³/mol. The summed E-state index contributed by atoms with van der Waals surface area (Å²) in [6.07, 6.45) is -4.87. The summed E-state index contributed by atoms with van der Waals surface area (Å²) in [6, 6.07) is 9.02. The first kappa shape index (κ1) is 22.7. The van der Waals surface area contributed by atoms with Crippen molar-refractivity contribution in [2.75, 3.05) is 13.2 Å². The summed E-state index contributed by atoms with van der Waals surface area (Å²) < 4.78 is 16.3. The van der Waals surface area contributed by atoms with E-state index < -0.39 is 45.2 Å². The molecule has 5 atom stereocenters. The van der Waals surface area contributed by atoms with E-state index in [4.69, 9.17) is 9.36 Å². The molecule has 0 bridgehead atoms. The van der Waals surface area contributed by atoms with Crippen molar-refractivity contribution < 1.29 is 39.1 Å². The highest BCUT2D eigenvalue weighted by atomic mass is 31.1. The smallest absolute Gasteiger partial charge is 0.233 e. The van der Waals surface area contributed by atoms with Crippen LogP contribution in [-0.2, 0) is 25.3 Å². The molecule has 0 aliphatic carbocycles. The Morgan fingerprint density at radius 2 is 1.81 bits per heavy atom. The first-order valence-corrected chi connectivity index (χ1v) is 9.56. The molecule has 0 aliphatic heterocycles. The van der Waals surface area contributed by atoms with Crippen molar-refractivity contribution in [1.82, 2.24) is 5.06 Å². The van der Waals surface area contributed by atoms with E-state index in [1.807, 2.05) is 6.07 Å². The van der Waals surface area contributed by atoms with Gasteiger partial charge in [-0.15, -0.1) is 0 Å². The minimum Gasteiger partial charge on any atom is -0.390 e. The molecule has 9 nitrogen and oxygen atoms in total. The van der Waals surface area contributed by atoms with Crippen LogP contribution in [0.5, 0.6) is 0 Å². The number of benzene rings is 1. The molecule has 0 spiro atoms. The lowest BCUT2D eigenvalue weighted by molar-refractivity contribution is -0.192. The van der Waals surface area contributed by atoms with E-state index in [0.29, 0.717) is 6.41 Å². The molecular formula is C16H26NO8P. The average molecular weight is 391 g/mol. The number of hydrogen-bond donors (Lipinski definition) is 4. The van der Waals surface area contributed by atoms with Crippen LogP contribution < -0.4 is 0 Å². The van der Waals surface area contributed by atoms with Gasteiger partial charge in [-0.25, -0.2) is 5.06 Å². The van der Waals surface area contributed by atoms with Gasteiger partial charge in [0.2, 0.25) is 14.4 Å². The zero-order valence-electron chi connectivity index (χ0n) is 14.5. The lowest BCUT2D eigenvalue weighted by Gasteiger charge is -2.27. The fraction of sp³-hybridized carbons (Fsp3) is 0.562. The van der Waals surface area contributed by atoms with Gasteiger partial charge >= 0.3 is 0 Å². The molecule has 0 aromatic heterocycles. The summed E-state index contributed by atoms with van der Waals surface area (Å²) in [6.45, 7) is 1.43. The van der Waals surface area contributed by atoms with Crippen LogP contribution in [0.4, 0.5) is 0 Å². The highest BCUT2D eigenvalue weighted by molar-refractivity contribution is 7.39.